The SMILES string of the molecule is COC(=O)C(Cl)=NNc1cccc(C)c1C. The van der Waals surface area contributed by atoms with Crippen LogP contribution in [-0.4, -0.2) is 18.2 Å². The minimum atomic E-state index is -0.667. The molecule has 0 amide bonds. The Kier molecular flexibility index (Phi) is 4.31. The summed E-state index contributed by atoms with van der Waals surface area (Å²) in [6.45, 7) is 3.95. The lowest BCUT2D eigenvalue weighted by molar-refractivity contribution is -0.132. The molecule has 0 aliphatic rings. The number of anilines is 1. The van der Waals surface area contributed by atoms with E-state index in [-0.39, 0.29) is 5.17 Å². The largest absolute Gasteiger partial charge is 0.464 e. The summed E-state index contributed by atoms with van der Waals surface area (Å²) in [5.41, 5.74) is 5.72. The van der Waals surface area contributed by atoms with Gasteiger partial charge in [0.2, 0.25) is 5.17 Å². The summed E-state index contributed by atoms with van der Waals surface area (Å²) in [7, 11) is 1.25. The summed E-state index contributed by atoms with van der Waals surface area (Å²) >= 11 is 5.59. The van der Waals surface area contributed by atoms with Crippen LogP contribution in [0.15, 0.2) is 23.3 Å². The summed E-state index contributed by atoms with van der Waals surface area (Å²) < 4.78 is 4.41. The predicted octanol–water partition coefficient (Wildman–Crippen LogP) is 2.44. The molecule has 0 radical (unpaired) electrons. The first kappa shape index (κ1) is 12.5. The highest BCUT2D eigenvalue weighted by Crippen LogP contribution is 2.17. The highest BCUT2D eigenvalue weighted by atomic mass is 35.5. The Hall–Kier alpha value is -1.55. The molecule has 0 aliphatic heterocycles. The van der Waals surface area contributed by atoms with Gasteiger partial charge in [0, 0.05) is 0 Å². The first-order chi connectivity index (χ1) is 7.56. The summed E-state index contributed by atoms with van der Waals surface area (Å²) in [6.07, 6.45) is 0. The fourth-order valence-electron chi connectivity index (χ4n) is 1.11. The highest BCUT2D eigenvalue weighted by molar-refractivity contribution is 6.82. The molecule has 5 heteroatoms. The zero-order chi connectivity index (χ0) is 12.1. The van der Waals surface area contributed by atoms with Crippen molar-refractivity contribution in [2.45, 2.75) is 13.8 Å². The third-order valence-corrected chi connectivity index (χ3v) is 2.47. The van der Waals surface area contributed by atoms with Crippen LogP contribution < -0.4 is 5.43 Å². The zero-order valence-corrected chi connectivity index (χ0v) is 10.1. The normalized spacial score (nSPS) is 11.1. The Morgan fingerprint density at radius 1 is 1.44 bits per heavy atom. The Morgan fingerprint density at radius 3 is 2.75 bits per heavy atom. The molecule has 16 heavy (non-hydrogen) atoms. The summed E-state index contributed by atoms with van der Waals surface area (Å²) in [4.78, 5) is 11.0. The van der Waals surface area contributed by atoms with Gasteiger partial charge in [-0.1, -0.05) is 23.7 Å². The number of ether oxygens (including phenoxy) is 1. The number of hydrogen-bond acceptors (Lipinski definition) is 4. The van der Waals surface area contributed by atoms with Gasteiger partial charge in [-0.2, -0.15) is 5.10 Å². The van der Waals surface area contributed by atoms with E-state index >= 15 is 0 Å². The van der Waals surface area contributed by atoms with Gasteiger partial charge in [0.1, 0.15) is 0 Å². The van der Waals surface area contributed by atoms with Crippen molar-refractivity contribution in [2.24, 2.45) is 5.10 Å². The molecular weight excluding hydrogens is 228 g/mol. The maximum absolute atomic E-state index is 11.0. The second-order valence-electron chi connectivity index (χ2n) is 3.25. The Balaban J connectivity index is 2.82. The number of aryl methyl sites for hydroxylation is 1. The number of nitrogens with zero attached hydrogens (tertiary/aromatic N) is 1. The molecule has 0 atom stereocenters. The number of nitrogens with one attached hydrogen (secondary N) is 1. The number of benzene rings is 1. The average Bonchev–Trinajstić information content (AvgIpc) is 2.29. The number of carbonyl (C=O) groups is 1. The van der Waals surface area contributed by atoms with Crippen LogP contribution in [0.1, 0.15) is 11.1 Å². The van der Waals surface area contributed by atoms with E-state index in [4.69, 9.17) is 11.6 Å². The molecule has 1 aromatic rings. The van der Waals surface area contributed by atoms with Gasteiger partial charge in [0.15, 0.2) is 0 Å². The number of methoxy groups -OCH3 is 1. The van der Waals surface area contributed by atoms with Gasteiger partial charge >= 0.3 is 5.97 Å². The highest BCUT2D eigenvalue weighted by Gasteiger charge is 2.07. The van der Waals surface area contributed by atoms with E-state index in [2.05, 4.69) is 15.3 Å². The third-order valence-electron chi connectivity index (χ3n) is 2.23. The standard InChI is InChI=1S/C11H13ClN2O2/c1-7-5-4-6-9(8(7)2)13-14-10(12)11(15)16-3/h4-6,13H,1-3H3. The molecule has 0 unspecified atom stereocenters. The summed E-state index contributed by atoms with van der Waals surface area (Å²) in [5.74, 6) is -0.667. The van der Waals surface area contributed by atoms with Gasteiger partial charge in [-0.15, -0.1) is 0 Å². The van der Waals surface area contributed by atoms with E-state index in [1.54, 1.807) is 0 Å². The van der Waals surface area contributed by atoms with Crippen molar-refractivity contribution in [3.8, 4) is 0 Å². The maximum Gasteiger partial charge on any atom is 0.370 e. The van der Waals surface area contributed by atoms with Crippen molar-refractivity contribution in [1.82, 2.24) is 0 Å². The molecular formula is C11H13ClN2O2. The number of hydrogen-bond donors (Lipinski definition) is 1. The molecule has 86 valence electrons. The maximum atomic E-state index is 11.0. The number of hydrazone groups is 1. The van der Waals surface area contributed by atoms with Gasteiger partial charge < -0.3 is 4.74 Å². The molecule has 0 fully saturated rings. The molecule has 0 saturated carbocycles. The molecule has 0 spiro atoms. The van der Waals surface area contributed by atoms with Gasteiger partial charge in [-0.05, 0) is 31.0 Å². The topological polar surface area (TPSA) is 50.7 Å². The lowest BCUT2D eigenvalue weighted by atomic mass is 10.1. The average molecular weight is 241 g/mol. The Morgan fingerprint density at radius 2 is 2.12 bits per heavy atom. The van der Waals surface area contributed by atoms with Crippen molar-refractivity contribution in [2.75, 3.05) is 12.5 Å². The van der Waals surface area contributed by atoms with Gasteiger partial charge in [-0.3, -0.25) is 5.43 Å². The zero-order valence-electron chi connectivity index (χ0n) is 9.37. The quantitative estimate of drug-likeness (QED) is 0.502. The predicted molar refractivity (Wildman–Crippen MR) is 64.8 cm³/mol. The van der Waals surface area contributed by atoms with Crippen LogP contribution in [0, 0.1) is 13.8 Å². The minimum Gasteiger partial charge on any atom is -0.464 e. The molecule has 0 aliphatic carbocycles. The van der Waals surface area contributed by atoms with E-state index < -0.39 is 5.97 Å². The van der Waals surface area contributed by atoms with Crippen molar-refractivity contribution in [3.63, 3.8) is 0 Å². The fourth-order valence-corrected chi connectivity index (χ4v) is 1.23. The Labute approximate surface area is 99.2 Å². The number of carbonyl (C=O) groups excluding carboxylic acids is 1. The van der Waals surface area contributed by atoms with Crippen molar-refractivity contribution < 1.29 is 9.53 Å². The summed E-state index contributed by atoms with van der Waals surface area (Å²) in [5, 5.41) is 3.49. The van der Waals surface area contributed by atoms with Crippen molar-refractivity contribution >= 4 is 28.4 Å². The van der Waals surface area contributed by atoms with E-state index in [9.17, 15) is 4.79 Å². The molecule has 0 heterocycles. The van der Waals surface area contributed by atoms with Crippen molar-refractivity contribution in [1.29, 1.82) is 0 Å². The second kappa shape index (κ2) is 5.51. The molecule has 1 rings (SSSR count). The first-order valence-corrected chi connectivity index (χ1v) is 5.07. The smallest absolute Gasteiger partial charge is 0.370 e. The fraction of sp³-hybridized carbons (Fsp3) is 0.273. The molecule has 4 nitrogen and oxygen atoms in total. The van der Waals surface area contributed by atoms with Crippen LogP contribution in [0.5, 0.6) is 0 Å². The van der Waals surface area contributed by atoms with Crippen LogP contribution >= 0.6 is 11.6 Å². The van der Waals surface area contributed by atoms with E-state index in [0.29, 0.717) is 0 Å². The van der Waals surface area contributed by atoms with Crippen LogP contribution in [0.3, 0.4) is 0 Å². The Bertz CT molecular complexity index is 430. The molecule has 0 saturated heterocycles. The van der Waals surface area contributed by atoms with Gasteiger partial charge in [-0.25, -0.2) is 4.79 Å². The van der Waals surface area contributed by atoms with E-state index in [1.165, 1.54) is 7.11 Å². The first-order valence-electron chi connectivity index (χ1n) is 4.70. The number of halogens is 1. The van der Waals surface area contributed by atoms with Crippen LogP contribution in [0.4, 0.5) is 5.69 Å². The molecule has 1 aromatic carbocycles. The number of esters is 1. The lowest BCUT2D eigenvalue weighted by Crippen LogP contribution is -2.11. The monoisotopic (exact) mass is 240 g/mol. The molecule has 0 bridgehead atoms. The summed E-state index contributed by atoms with van der Waals surface area (Å²) in [6, 6.07) is 5.74. The van der Waals surface area contributed by atoms with E-state index in [0.717, 1.165) is 16.8 Å². The lowest BCUT2D eigenvalue weighted by Gasteiger charge is -2.07. The van der Waals surface area contributed by atoms with Crippen LogP contribution in [0.25, 0.3) is 0 Å². The second-order valence-corrected chi connectivity index (χ2v) is 3.61. The van der Waals surface area contributed by atoms with Crippen LogP contribution in [-0.2, 0) is 9.53 Å². The minimum absolute atomic E-state index is 0.233. The molecule has 0 aromatic heterocycles. The van der Waals surface area contributed by atoms with Gasteiger partial charge in [0.05, 0.1) is 12.8 Å². The molecule has 1 N–H and O–H groups in total. The van der Waals surface area contributed by atoms with Gasteiger partial charge in [0.25, 0.3) is 0 Å². The van der Waals surface area contributed by atoms with Crippen molar-refractivity contribution in [3.05, 3.63) is 29.3 Å². The van der Waals surface area contributed by atoms with E-state index in [1.807, 2.05) is 32.0 Å². The number of rotatable bonds is 3. The third kappa shape index (κ3) is 2.97. The van der Waals surface area contributed by atoms with Crippen LogP contribution in [0.2, 0.25) is 0 Å².